The number of aromatic nitrogens is 2. The number of halogens is 1. The van der Waals surface area contributed by atoms with E-state index in [0.29, 0.717) is 5.56 Å². The van der Waals surface area contributed by atoms with Crippen LogP contribution in [0.1, 0.15) is 28.9 Å². The smallest absolute Gasteiger partial charge is 0.253 e. The second-order valence-corrected chi connectivity index (χ2v) is 4.79. The summed E-state index contributed by atoms with van der Waals surface area (Å²) in [6, 6.07) is 5.42. The Morgan fingerprint density at radius 1 is 1.33 bits per heavy atom. The van der Waals surface area contributed by atoms with Crippen molar-refractivity contribution in [2.24, 2.45) is 0 Å². The molecule has 0 aromatic carbocycles. The van der Waals surface area contributed by atoms with E-state index in [1.165, 1.54) is 6.20 Å². The van der Waals surface area contributed by atoms with Crippen molar-refractivity contribution in [3.63, 3.8) is 0 Å². The average Bonchev–Trinajstić information content (AvgIpc) is 2.39. The molecule has 2 heterocycles. The van der Waals surface area contributed by atoms with E-state index in [1.54, 1.807) is 24.7 Å². The van der Waals surface area contributed by atoms with Crippen molar-refractivity contribution in [2.45, 2.75) is 13.0 Å². The van der Waals surface area contributed by atoms with Crippen LogP contribution in [0.2, 0.25) is 0 Å². The fourth-order valence-corrected chi connectivity index (χ4v) is 1.90. The molecule has 5 heteroatoms. The summed E-state index contributed by atoms with van der Waals surface area (Å²) in [5, 5.41) is 2.90. The zero-order valence-corrected chi connectivity index (χ0v) is 11.4. The Kier molecular flexibility index (Phi) is 4.04. The summed E-state index contributed by atoms with van der Waals surface area (Å²) >= 11 is 3.29. The van der Waals surface area contributed by atoms with E-state index in [-0.39, 0.29) is 11.9 Å². The predicted octanol–water partition coefficient (Wildman–Crippen LogP) is 2.73. The van der Waals surface area contributed by atoms with Gasteiger partial charge in [-0.2, -0.15) is 0 Å². The van der Waals surface area contributed by atoms with E-state index < -0.39 is 0 Å². The molecule has 1 N–H and O–H groups in total. The third-order valence-corrected chi connectivity index (χ3v) is 2.93. The van der Waals surface area contributed by atoms with E-state index in [9.17, 15) is 4.79 Å². The van der Waals surface area contributed by atoms with Gasteiger partial charge in [0, 0.05) is 29.3 Å². The van der Waals surface area contributed by atoms with Gasteiger partial charge in [-0.05, 0) is 40.5 Å². The first kappa shape index (κ1) is 12.7. The summed E-state index contributed by atoms with van der Waals surface area (Å²) in [6.07, 6.45) is 6.62. The van der Waals surface area contributed by atoms with Crippen molar-refractivity contribution in [3.8, 4) is 0 Å². The standard InChI is InChI=1S/C13H12BrN3O/c1-9(10-3-2-4-15-6-10)17-13(18)11-5-12(14)8-16-7-11/h2-9H,1H3,(H,17,18)/t9-/m1/s1. The highest BCUT2D eigenvalue weighted by molar-refractivity contribution is 9.10. The van der Waals surface area contributed by atoms with Gasteiger partial charge in [0.2, 0.25) is 0 Å². The first-order valence-electron chi connectivity index (χ1n) is 5.48. The molecule has 0 saturated heterocycles. The molecule has 1 amide bonds. The van der Waals surface area contributed by atoms with Gasteiger partial charge in [-0.15, -0.1) is 0 Å². The van der Waals surface area contributed by atoms with Crippen LogP contribution in [-0.4, -0.2) is 15.9 Å². The number of hydrogen-bond donors (Lipinski definition) is 1. The van der Waals surface area contributed by atoms with Crippen LogP contribution in [0.3, 0.4) is 0 Å². The number of nitrogens with zero attached hydrogens (tertiary/aromatic N) is 2. The molecule has 0 aliphatic carbocycles. The topological polar surface area (TPSA) is 54.9 Å². The summed E-state index contributed by atoms with van der Waals surface area (Å²) in [4.78, 5) is 20.0. The number of rotatable bonds is 3. The Bertz CT molecular complexity index is 545. The molecule has 2 aromatic heterocycles. The summed E-state index contributed by atoms with van der Waals surface area (Å²) in [5.41, 5.74) is 1.49. The van der Waals surface area contributed by atoms with Crippen LogP contribution >= 0.6 is 15.9 Å². The Hall–Kier alpha value is -1.75. The van der Waals surface area contributed by atoms with E-state index in [0.717, 1.165) is 10.0 Å². The molecule has 4 nitrogen and oxygen atoms in total. The lowest BCUT2D eigenvalue weighted by Crippen LogP contribution is -2.26. The second-order valence-electron chi connectivity index (χ2n) is 3.87. The van der Waals surface area contributed by atoms with Gasteiger partial charge in [-0.25, -0.2) is 0 Å². The molecule has 0 aliphatic rings. The predicted molar refractivity (Wildman–Crippen MR) is 72.1 cm³/mol. The maximum Gasteiger partial charge on any atom is 0.253 e. The summed E-state index contributed by atoms with van der Waals surface area (Å²) < 4.78 is 0.782. The van der Waals surface area contributed by atoms with Gasteiger partial charge in [0.1, 0.15) is 0 Å². The summed E-state index contributed by atoms with van der Waals surface area (Å²) in [5.74, 6) is -0.153. The average molecular weight is 306 g/mol. The SMILES string of the molecule is C[C@@H](NC(=O)c1cncc(Br)c1)c1cccnc1. The highest BCUT2D eigenvalue weighted by atomic mass is 79.9. The second kappa shape index (κ2) is 5.73. The van der Waals surface area contributed by atoms with Crippen molar-refractivity contribution in [2.75, 3.05) is 0 Å². The quantitative estimate of drug-likeness (QED) is 0.948. The van der Waals surface area contributed by atoms with Gasteiger partial charge in [0.15, 0.2) is 0 Å². The van der Waals surface area contributed by atoms with Gasteiger partial charge in [0.25, 0.3) is 5.91 Å². The monoisotopic (exact) mass is 305 g/mol. The van der Waals surface area contributed by atoms with Crippen LogP contribution in [-0.2, 0) is 0 Å². The Morgan fingerprint density at radius 2 is 2.17 bits per heavy atom. The summed E-state index contributed by atoms with van der Waals surface area (Å²) in [6.45, 7) is 1.92. The molecule has 2 rings (SSSR count). The zero-order chi connectivity index (χ0) is 13.0. The van der Waals surface area contributed by atoms with Gasteiger partial charge in [-0.3, -0.25) is 14.8 Å². The van der Waals surface area contributed by atoms with E-state index in [2.05, 4.69) is 31.2 Å². The zero-order valence-electron chi connectivity index (χ0n) is 9.80. The maximum atomic E-state index is 12.0. The van der Waals surface area contributed by atoms with Gasteiger partial charge in [0.05, 0.1) is 11.6 Å². The van der Waals surface area contributed by atoms with Gasteiger partial charge < -0.3 is 5.32 Å². The largest absolute Gasteiger partial charge is 0.345 e. The lowest BCUT2D eigenvalue weighted by atomic mass is 10.1. The van der Waals surface area contributed by atoms with Crippen LogP contribution in [0.4, 0.5) is 0 Å². The van der Waals surface area contributed by atoms with Crippen LogP contribution in [0.15, 0.2) is 47.5 Å². The van der Waals surface area contributed by atoms with Crippen LogP contribution in [0.25, 0.3) is 0 Å². The van der Waals surface area contributed by atoms with Crippen molar-refractivity contribution in [1.29, 1.82) is 0 Å². The molecular formula is C13H12BrN3O. The van der Waals surface area contributed by atoms with E-state index in [4.69, 9.17) is 0 Å². The molecule has 0 bridgehead atoms. The highest BCUT2D eigenvalue weighted by Gasteiger charge is 2.11. The third-order valence-electron chi connectivity index (χ3n) is 2.50. The molecule has 0 fully saturated rings. The van der Waals surface area contributed by atoms with Crippen LogP contribution in [0.5, 0.6) is 0 Å². The van der Waals surface area contributed by atoms with Crippen molar-refractivity contribution in [3.05, 3.63) is 58.6 Å². The minimum absolute atomic E-state index is 0.0924. The summed E-state index contributed by atoms with van der Waals surface area (Å²) in [7, 11) is 0. The molecule has 18 heavy (non-hydrogen) atoms. The molecule has 2 aromatic rings. The molecule has 0 radical (unpaired) electrons. The minimum Gasteiger partial charge on any atom is -0.345 e. The number of hydrogen-bond acceptors (Lipinski definition) is 3. The van der Waals surface area contributed by atoms with Crippen molar-refractivity contribution < 1.29 is 4.79 Å². The molecule has 0 unspecified atom stereocenters. The molecule has 92 valence electrons. The number of carbonyl (C=O) groups is 1. The normalized spacial score (nSPS) is 11.9. The lowest BCUT2D eigenvalue weighted by molar-refractivity contribution is 0.0939. The van der Waals surface area contributed by atoms with Gasteiger partial charge >= 0.3 is 0 Å². The van der Waals surface area contributed by atoms with Crippen molar-refractivity contribution >= 4 is 21.8 Å². The fraction of sp³-hybridized carbons (Fsp3) is 0.154. The number of nitrogens with one attached hydrogen (secondary N) is 1. The minimum atomic E-state index is -0.153. The first-order valence-corrected chi connectivity index (χ1v) is 6.27. The molecule has 1 atom stereocenters. The van der Waals surface area contributed by atoms with E-state index in [1.807, 2.05) is 19.1 Å². The van der Waals surface area contributed by atoms with Crippen molar-refractivity contribution in [1.82, 2.24) is 15.3 Å². The van der Waals surface area contributed by atoms with Gasteiger partial charge in [-0.1, -0.05) is 6.07 Å². The number of amides is 1. The van der Waals surface area contributed by atoms with Crippen LogP contribution < -0.4 is 5.32 Å². The number of carbonyl (C=O) groups excluding carboxylic acids is 1. The van der Waals surface area contributed by atoms with E-state index >= 15 is 0 Å². The molecule has 0 spiro atoms. The maximum absolute atomic E-state index is 12.0. The highest BCUT2D eigenvalue weighted by Crippen LogP contribution is 2.13. The molecular weight excluding hydrogens is 294 g/mol. The lowest BCUT2D eigenvalue weighted by Gasteiger charge is -2.13. The number of pyridine rings is 2. The first-order chi connectivity index (χ1) is 8.66. The van der Waals surface area contributed by atoms with Crippen LogP contribution in [0, 0.1) is 0 Å². The Balaban J connectivity index is 2.08. The molecule has 0 saturated carbocycles. The fourth-order valence-electron chi connectivity index (χ4n) is 1.53. The Labute approximate surface area is 114 Å². The molecule has 0 aliphatic heterocycles. The Morgan fingerprint density at radius 3 is 2.83 bits per heavy atom. The third kappa shape index (κ3) is 3.13.